The first-order valence-electron chi connectivity index (χ1n) is 4.47. The summed E-state index contributed by atoms with van der Waals surface area (Å²) in [5.74, 6) is 0.289. The Morgan fingerprint density at radius 3 is 2.53 bits per heavy atom. The molecular weight excluding hydrogens is 205 g/mol. The number of ether oxygens (including phenoxy) is 1. The van der Waals surface area contributed by atoms with Gasteiger partial charge in [0, 0.05) is 5.56 Å². The number of hydrogen-bond acceptors (Lipinski definition) is 3. The number of benzene rings is 1. The fourth-order valence-electron chi connectivity index (χ4n) is 1.23. The molecular formula is C9H11BF2O3. The van der Waals surface area contributed by atoms with E-state index in [0.29, 0.717) is 6.61 Å². The maximum Gasteiger partial charge on any atom is 0.488 e. The van der Waals surface area contributed by atoms with E-state index >= 15 is 0 Å². The van der Waals surface area contributed by atoms with E-state index in [0.717, 1.165) is 6.07 Å². The smallest absolute Gasteiger partial charge is 0.488 e. The van der Waals surface area contributed by atoms with Crippen molar-refractivity contribution in [3.63, 3.8) is 0 Å². The second-order valence-corrected chi connectivity index (χ2v) is 2.90. The van der Waals surface area contributed by atoms with Crippen molar-refractivity contribution in [3.05, 3.63) is 23.8 Å². The minimum absolute atomic E-state index is 0.201. The van der Waals surface area contributed by atoms with Gasteiger partial charge in [0.05, 0.1) is 6.61 Å². The molecule has 0 amide bonds. The minimum atomic E-state index is -2.76. The van der Waals surface area contributed by atoms with Gasteiger partial charge < -0.3 is 14.8 Å². The summed E-state index contributed by atoms with van der Waals surface area (Å²) in [4.78, 5) is 0. The van der Waals surface area contributed by atoms with Crippen molar-refractivity contribution in [2.45, 2.75) is 13.3 Å². The molecule has 1 rings (SSSR count). The molecule has 0 saturated carbocycles. The maximum absolute atomic E-state index is 12.5. The summed E-state index contributed by atoms with van der Waals surface area (Å²) in [7, 11) is -1.90. The van der Waals surface area contributed by atoms with E-state index in [1.165, 1.54) is 12.1 Å². The molecule has 0 aliphatic carbocycles. The van der Waals surface area contributed by atoms with E-state index < -0.39 is 19.1 Å². The van der Waals surface area contributed by atoms with E-state index in [4.69, 9.17) is 14.8 Å². The third-order valence-corrected chi connectivity index (χ3v) is 1.88. The molecule has 0 bridgehead atoms. The van der Waals surface area contributed by atoms with Gasteiger partial charge in [-0.05, 0) is 24.5 Å². The van der Waals surface area contributed by atoms with Crippen LogP contribution >= 0.6 is 0 Å². The fraction of sp³-hybridized carbons (Fsp3) is 0.333. The second kappa shape index (κ2) is 5.09. The van der Waals surface area contributed by atoms with Crippen molar-refractivity contribution < 1.29 is 23.6 Å². The van der Waals surface area contributed by atoms with Gasteiger partial charge in [0.1, 0.15) is 5.75 Å². The Kier molecular flexibility index (Phi) is 4.05. The molecule has 0 aliphatic heterocycles. The molecule has 82 valence electrons. The highest BCUT2D eigenvalue weighted by Crippen LogP contribution is 2.21. The van der Waals surface area contributed by atoms with Gasteiger partial charge in [-0.15, -0.1) is 0 Å². The van der Waals surface area contributed by atoms with Crippen LogP contribution in [0.2, 0.25) is 0 Å². The largest absolute Gasteiger partial charge is 0.494 e. The fourth-order valence-corrected chi connectivity index (χ4v) is 1.23. The van der Waals surface area contributed by atoms with Gasteiger partial charge in [-0.25, -0.2) is 8.78 Å². The minimum Gasteiger partial charge on any atom is -0.494 e. The molecule has 0 aliphatic rings. The molecule has 15 heavy (non-hydrogen) atoms. The zero-order valence-electron chi connectivity index (χ0n) is 8.15. The van der Waals surface area contributed by atoms with Gasteiger partial charge >= 0.3 is 7.12 Å². The number of alkyl halides is 2. The van der Waals surface area contributed by atoms with E-state index in [2.05, 4.69) is 0 Å². The lowest BCUT2D eigenvalue weighted by Gasteiger charge is -2.10. The van der Waals surface area contributed by atoms with Crippen LogP contribution in [0.25, 0.3) is 0 Å². The topological polar surface area (TPSA) is 49.7 Å². The van der Waals surface area contributed by atoms with Crippen molar-refractivity contribution in [1.29, 1.82) is 0 Å². The van der Waals surface area contributed by atoms with E-state index in [1.807, 2.05) is 0 Å². The third-order valence-electron chi connectivity index (χ3n) is 1.88. The van der Waals surface area contributed by atoms with E-state index in [1.54, 1.807) is 6.92 Å². The number of halogens is 2. The van der Waals surface area contributed by atoms with Crippen LogP contribution in [0.1, 0.15) is 18.9 Å². The molecule has 0 heterocycles. The highest BCUT2D eigenvalue weighted by molar-refractivity contribution is 6.59. The van der Waals surface area contributed by atoms with Gasteiger partial charge in [0.25, 0.3) is 6.43 Å². The maximum atomic E-state index is 12.5. The molecule has 1 aromatic carbocycles. The first kappa shape index (κ1) is 11.9. The highest BCUT2D eigenvalue weighted by atomic mass is 19.3. The van der Waals surface area contributed by atoms with Gasteiger partial charge in [-0.1, -0.05) is 6.07 Å². The molecule has 2 N–H and O–H groups in total. The third kappa shape index (κ3) is 2.90. The van der Waals surface area contributed by atoms with Crippen molar-refractivity contribution in [1.82, 2.24) is 0 Å². The van der Waals surface area contributed by atoms with Crippen LogP contribution in [-0.2, 0) is 0 Å². The SMILES string of the molecule is CCOc1ccc(B(O)O)c(C(F)F)c1. The molecule has 0 radical (unpaired) electrons. The number of hydrogen-bond donors (Lipinski definition) is 2. The summed E-state index contributed by atoms with van der Waals surface area (Å²) in [6.07, 6.45) is -2.76. The van der Waals surface area contributed by atoms with Crippen LogP contribution in [0.4, 0.5) is 8.78 Å². The van der Waals surface area contributed by atoms with Gasteiger partial charge in [-0.3, -0.25) is 0 Å². The summed E-state index contributed by atoms with van der Waals surface area (Å²) < 4.78 is 30.1. The van der Waals surface area contributed by atoms with Crippen molar-refractivity contribution in [3.8, 4) is 5.75 Å². The van der Waals surface area contributed by atoms with Gasteiger partial charge in [-0.2, -0.15) is 0 Å². The normalized spacial score (nSPS) is 10.5. The molecule has 0 spiro atoms. The van der Waals surface area contributed by atoms with Crippen molar-refractivity contribution in [2.24, 2.45) is 0 Å². The second-order valence-electron chi connectivity index (χ2n) is 2.90. The molecule has 0 fully saturated rings. The Balaban J connectivity index is 3.09. The van der Waals surface area contributed by atoms with Crippen LogP contribution in [0, 0.1) is 0 Å². The lowest BCUT2D eigenvalue weighted by Crippen LogP contribution is -2.33. The lowest BCUT2D eigenvalue weighted by atomic mass is 9.77. The van der Waals surface area contributed by atoms with Crippen molar-refractivity contribution in [2.75, 3.05) is 6.61 Å². The number of rotatable bonds is 4. The Morgan fingerprint density at radius 1 is 1.40 bits per heavy atom. The zero-order valence-corrected chi connectivity index (χ0v) is 8.15. The van der Waals surface area contributed by atoms with E-state index in [9.17, 15) is 8.78 Å². The predicted octanol–water partition coefficient (Wildman–Crippen LogP) is 0.703. The summed E-state index contributed by atoms with van der Waals surface area (Å²) in [6, 6.07) is 3.75. The molecule has 0 saturated heterocycles. The lowest BCUT2D eigenvalue weighted by molar-refractivity contribution is 0.151. The quantitative estimate of drug-likeness (QED) is 0.728. The van der Waals surface area contributed by atoms with E-state index in [-0.39, 0.29) is 11.2 Å². The Bertz CT molecular complexity index is 331. The van der Waals surface area contributed by atoms with Gasteiger partial charge in [0.2, 0.25) is 0 Å². The predicted molar refractivity (Wildman–Crippen MR) is 52.4 cm³/mol. The Labute approximate surface area is 86.5 Å². The molecule has 3 nitrogen and oxygen atoms in total. The summed E-state index contributed by atoms with van der Waals surface area (Å²) in [5, 5.41) is 17.7. The standard InChI is InChI=1S/C9H11BF2O3/c1-2-15-6-3-4-8(10(13)14)7(5-6)9(11)12/h3-5,9,13-14H,2H2,1H3. The molecule has 0 atom stereocenters. The molecule has 0 unspecified atom stereocenters. The molecule has 0 aromatic heterocycles. The first-order chi connectivity index (χ1) is 7.06. The first-order valence-corrected chi connectivity index (χ1v) is 4.47. The Hall–Kier alpha value is -1.14. The van der Waals surface area contributed by atoms with Crippen LogP contribution in [0.3, 0.4) is 0 Å². The van der Waals surface area contributed by atoms with Crippen LogP contribution in [0.15, 0.2) is 18.2 Å². The van der Waals surface area contributed by atoms with Crippen molar-refractivity contribution >= 4 is 12.6 Å². The van der Waals surface area contributed by atoms with Gasteiger partial charge in [0.15, 0.2) is 0 Å². The molecule has 1 aromatic rings. The van der Waals surface area contributed by atoms with Crippen LogP contribution in [0.5, 0.6) is 5.75 Å². The zero-order chi connectivity index (χ0) is 11.4. The van der Waals surface area contributed by atoms with Crippen LogP contribution < -0.4 is 10.2 Å². The van der Waals surface area contributed by atoms with Crippen LogP contribution in [-0.4, -0.2) is 23.8 Å². The summed E-state index contributed by atoms with van der Waals surface area (Å²) in [6.45, 7) is 2.10. The average Bonchev–Trinajstić information content (AvgIpc) is 2.17. The summed E-state index contributed by atoms with van der Waals surface area (Å²) >= 11 is 0. The Morgan fingerprint density at radius 2 is 2.07 bits per heavy atom. The monoisotopic (exact) mass is 216 g/mol. The molecule has 6 heteroatoms. The average molecular weight is 216 g/mol. The summed E-state index contributed by atoms with van der Waals surface area (Å²) in [5.41, 5.74) is -0.621. The highest BCUT2D eigenvalue weighted by Gasteiger charge is 2.21.